The second-order valence-electron chi connectivity index (χ2n) is 16.0. The van der Waals surface area contributed by atoms with E-state index in [4.69, 9.17) is 44.8 Å². The van der Waals surface area contributed by atoms with Crippen LogP contribution in [0.15, 0.2) is 25.3 Å². The SMILES string of the molecule is CC(C)[C@H](N)C(=O)N[C@@H](CCCNC(N)=O)C(=O)NCCCC(=O)Nc1ncnc2c1ncn2[C@@H]1O[C@@H]2CO[P@@](=O)(S)O[C@H]3[C@@H](F)[C@H](n4cnc5c(N)ncnc54)O[C@@H]3CO[P@@](=O)(S)O[C@H]2[C@H]1F. The lowest BCUT2D eigenvalue weighted by Crippen LogP contribution is -2.53. The number of nitrogens with zero attached hydrogens (tertiary/aromatic N) is 8. The lowest BCUT2D eigenvalue weighted by molar-refractivity contribution is -0.130. The van der Waals surface area contributed by atoms with E-state index >= 15 is 8.78 Å². The van der Waals surface area contributed by atoms with Gasteiger partial charge in [0.25, 0.3) is 0 Å². The molecule has 5 amide bonds. The van der Waals surface area contributed by atoms with Gasteiger partial charge in [-0.15, -0.1) is 0 Å². The molecule has 0 bridgehead atoms. The van der Waals surface area contributed by atoms with Crippen LogP contribution in [0.5, 0.6) is 0 Å². The Morgan fingerprint density at radius 1 is 0.809 bits per heavy atom. The van der Waals surface area contributed by atoms with Crippen molar-refractivity contribution in [2.75, 3.05) is 37.4 Å². The fourth-order valence-corrected chi connectivity index (χ4v) is 10.3. The van der Waals surface area contributed by atoms with Gasteiger partial charge in [0, 0.05) is 19.5 Å². The first-order chi connectivity index (χ1) is 32.2. The molecule has 7 rings (SSSR count). The number of ether oxygens (including phenoxy) is 2. The Morgan fingerprint density at radius 3 is 1.93 bits per heavy atom. The number of anilines is 2. The number of urea groups is 1. The first-order valence-electron chi connectivity index (χ1n) is 20.9. The van der Waals surface area contributed by atoms with Crippen molar-refractivity contribution in [3.8, 4) is 0 Å². The molecule has 0 aromatic carbocycles. The number of nitrogen functional groups attached to an aromatic ring is 1. The van der Waals surface area contributed by atoms with Crippen molar-refractivity contribution in [1.82, 2.24) is 55.0 Å². The number of primary amides is 1. The maximum atomic E-state index is 16.6. The summed E-state index contributed by atoms with van der Waals surface area (Å²) in [5.41, 5.74) is 17.2. The molecule has 0 radical (unpaired) electrons. The second-order valence-corrected chi connectivity index (χ2v) is 21.8. The molecule has 4 aromatic heterocycles. The van der Waals surface area contributed by atoms with Crippen molar-refractivity contribution in [3.05, 3.63) is 25.3 Å². The summed E-state index contributed by atoms with van der Waals surface area (Å²) in [5, 5.41) is 10.3. The molecule has 372 valence electrons. The molecule has 7 heterocycles. The van der Waals surface area contributed by atoms with Gasteiger partial charge in [-0.2, -0.15) is 0 Å². The number of rotatable bonds is 15. The zero-order valence-electron chi connectivity index (χ0n) is 36.1. The quantitative estimate of drug-likeness (QED) is 0.0461. The number of nitrogens with two attached hydrogens (primary N) is 3. The van der Waals surface area contributed by atoms with E-state index in [1.165, 1.54) is 10.9 Å². The van der Waals surface area contributed by atoms with Gasteiger partial charge in [0.05, 0.1) is 31.9 Å². The predicted octanol–water partition coefficient (Wildman–Crippen LogP) is 1.36. The van der Waals surface area contributed by atoms with E-state index in [1.807, 2.05) is 0 Å². The summed E-state index contributed by atoms with van der Waals surface area (Å²) in [6.45, 7) is -6.81. The third kappa shape index (κ3) is 11.8. The Bertz CT molecular complexity index is 2600. The Balaban J connectivity index is 0.978. The maximum absolute atomic E-state index is 16.6. The van der Waals surface area contributed by atoms with Gasteiger partial charge in [-0.05, 0) is 25.2 Å². The highest BCUT2D eigenvalue weighted by atomic mass is 32.7. The van der Waals surface area contributed by atoms with Crippen molar-refractivity contribution in [1.29, 1.82) is 0 Å². The maximum Gasteiger partial charge on any atom is 0.386 e. The third-order valence-electron chi connectivity index (χ3n) is 10.9. The van der Waals surface area contributed by atoms with Crippen LogP contribution in [0.2, 0.25) is 0 Å². The van der Waals surface area contributed by atoms with Gasteiger partial charge in [-0.3, -0.25) is 41.6 Å². The number of nitrogens with one attached hydrogen (secondary N) is 4. The first-order valence-corrected chi connectivity index (χ1v) is 26.3. The minimum absolute atomic E-state index is 0.0127. The van der Waals surface area contributed by atoms with Crippen LogP contribution >= 0.6 is 38.1 Å². The number of carbonyl (C=O) groups excluding carboxylic acids is 4. The van der Waals surface area contributed by atoms with Gasteiger partial charge in [-0.1, -0.05) is 38.3 Å². The standard InChI is InChI=1S/C35H49F2N15O12P2S2/c1-15(2)22(38)32(55)49-16(5-3-8-42-35(40)56)31(54)41-7-4-6-19(53)50-28-24-30(46-12-44-28)52(14-48-24)34-21(37)26-18(62-34)10-60-65(57,67)63-25-17(9-59-66(58,68)64-26)61-33(20(25)36)51-13-47-23-27(39)43-11-45-29(23)51/h11-18,20-22,25-26,33-34H,3-10,38H2,1-2H3,(H,41,54)(H,49,55)(H,57,67)(H,58,68)(H2,39,43,45)(H3,40,42,56)(H,44,46,50,53)/t16-,17+,18+,20+,21+,22-,25+,26+,33+,34+,65+,66+/m0/s1. The Kier molecular flexibility index (Phi) is 16.2. The Morgan fingerprint density at radius 2 is 1.35 bits per heavy atom. The van der Waals surface area contributed by atoms with Crippen LogP contribution in [0.3, 0.4) is 0 Å². The van der Waals surface area contributed by atoms with Gasteiger partial charge in [0.15, 0.2) is 53.2 Å². The average Bonchev–Trinajstić information content (AvgIpc) is 4.05. The number of halogens is 2. The lowest BCUT2D eigenvalue weighted by atomic mass is 10.0. The monoisotopic (exact) mass is 1040 g/mol. The minimum atomic E-state index is -4.53. The highest BCUT2D eigenvalue weighted by Crippen LogP contribution is 2.60. The zero-order chi connectivity index (χ0) is 49.1. The zero-order valence-corrected chi connectivity index (χ0v) is 39.6. The van der Waals surface area contributed by atoms with Gasteiger partial charge in [0.2, 0.25) is 17.7 Å². The molecule has 33 heteroatoms. The molecular weight excluding hydrogens is 987 g/mol. The molecule has 3 saturated heterocycles. The highest BCUT2D eigenvalue weighted by Gasteiger charge is 2.54. The molecule has 4 aromatic rings. The molecule has 0 unspecified atom stereocenters. The number of imidazole rings is 2. The van der Waals surface area contributed by atoms with Crippen LogP contribution in [-0.2, 0) is 51.1 Å². The van der Waals surface area contributed by atoms with Crippen molar-refractivity contribution in [3.63, 3.8) is 0 Å². The van der Waals surface area contributed by atoms with Crippen molar-refractivity contribution < 1.29 is 64.7 Å². The lowest BCUT2D eigenvalue weighted by Gasteiger charge is -2.28. The van der Waals surface area contributed by atoms with E-state index < -0.39 is 112 Å². The number of carbonyl (C=O) groups is 4. The molecule has 3 aliphatic rings. The highest BCUT2D eigenvalue weighted by molar-refractivity contribution is 8.44. The molecular formula is C35H49F2N15O12P2S2. The number of alkyl halides is 2. The van der Waals surface area contributed by atoms with Crippen molar-refractivity contribution in [2.24, 2.45) is 17.4 Å². The van der Waals surface area contributed by atoms with E-state index in [9.17, 15) is 28.3 Å². The Hall–Kier alpha value is -4.68. The summed E-state index contributed by atoms with van der Waals surface area (Å²) in [7, 11) is 0. The third-order valence-corrected chi connectivity index (χ3v) is 14.1. The van der Waals surface area contributed by atoms with E-state index in [0.29, 0.717) is 6.42 Å². The van der Waals surface area contributed by atoms with Gasteiger partial charge in [-0.25, -0.2) is 52.6 Å². The summed E-state index contributed by atoms with van der Waals surface area (Å²) < 4.78 is 96.3. The predicted molar refractivity (Wildman–Crippen MR) is 240 cm³/mol. The molecule has 0 saturated carbocycles. The number of thiol groups is 2. The Labute approximate surface area is 395 Å². The first kappa shape index (κ1) is 51.2. The molecule has 12 atom stereocenters. The molecule has 27 nitrogen and oxygen atoms in total. The van der Waals surface area contributed by atoms with Crippen LogP contribution in [0, 0.1) is 5.92 Å². The fraction of sp³-hybridized carbons (Fsp3) is 0.600. The molecule has 68 heavy (non-hydrogen) atoms. The topological polar surface area (TPSA) is 371 Å². The smallest absolute Gasteiger partial charge is 0.382 e. The van der Waals surface area contributed by atoms with E-state index in [-0.39, 0.29) is 72.2 Å². The minimum Gasteiger partial charge on any atom is -0.382 e. The molecule has 0 aliphatic carbocycles. The molecule has 0 spiro atoms. The largest absolute Gasteiger partial charge is 0.386 e. The van der Waals surface area contributed by atoms with Crippen molar-refractivity contribution in [2.45, 2.75) is 101 Å². The number of hydrogen-bond acceptors (Lipinski definition) is 20. The van der Waals surface area contributed by atoms with Crippen molar-refractivity contribution >= 4 is 95.8 Å². The average molecular weight is 1040 g/mol. The summed E-state index contributed by atoms with van der Waals surface area (Å²) in [6, 6.07) is -2.58. The van der Waals surface area contributed by atoms with Crippen LogP contribution < -0.4 is 38.5 Å². The summed E-state index contributed by atoms with van der Waals surface area (Å²) in [6.07, 6.45) is -8.69. The number of fused-ring (bicyclic) bond motifs is 4. The number of amides is 5. The van der Waals surface area contributed by atoms with Crippen LogP contribution in [0.25, 0.3) is 22.3 Å². The number of hydrogen-bond donors (Lipinski definition) is 9. The fourth-order valence-electron chi connectivity index (χ4n) is 7.38. The van der Waals surface area contributed by atoms with Crippen LogP contribution in [0.1, 0.15) is 52.0 Å². The molecule has 10 N–H and O–H groups in total. The van der Waals surface area contributed by atoms with E-state index in [0.717, 1.165) is 23.5 Å². The summed E-state index contributed by atoms with van der Waals surface area (Å²) >= 11 is 8.08. The van der Waals surface area contributed by atoms with Crippen LogP contribution in [-0.4, -0.2) is 138 Å². The van der Waals surface area contributed by atoms with Gasteiger partial charge in [0.1, 0.15) is 48.6 Å². The van der Waals surface area contributed by atoms with Gasteiger partial charge >= 0.3 is 19.6 Å². The van der Waals surface area contributed by atoms with Crippen LogP contribution in [0.4, 0.5) is 25.2 Å². The summed E-state index contributed by atoms with van der Waals surface area (Å²) in [5.74, 6) is -1.83. The second kappa shape index (κ2) is 21.5. The molecule has 3 aliphatic heterocycles. The summed E-state index contributed by atoms with van der Waals surface area (Å²) in [4.78, 5) is 74.4. The number of aromatic nitrogens is 8. The van der Waals surface area contributed by atoms with Gasteiger partial charge < -0.3 is 47.9 Å². The van der Waals surface area contributed by atoms with E-state index in [2.05, 4.69) is 75.7 Å². The normalized spacial score (nSPS) is 29.6. The van der Waals surface area contributed by atoms with E-state index in [1.54, 1.807) is 13.8 Å². The molecule has 3 fully saturated rings.